The molecule has 2 rings (SSSR count). The Bertz CT molecular complexity index is 386. The summed E-state index contributed by atoms with van der Waals surface area (Å²) in [7, 11) is 0. The van der Waals surface area contributed by atoms with Crippen LogP contribution < -0.4 is 9.80 Å². The summed E-state index contributed by atoms with van der Waals surface area (Å²) < 4.78 is 0. The van der Waals surface area contributed by atoms with E-state index < -0.39 is 0 Å². The lowest BCUT2D eigenvalue weighted by Gasteiger charge is -2.32. The fourth-order valence-electron chi connectivity index (χ4n) is 2.19. The molecule has 0 aliphatic carbocycles. The molecule has 0 amide bonds. The number of rotatable bonds is 2. The first-order valence-corrected chi connectivity index (χ1v) is 5.82. The van der Waals surface area contributed by atoms with Crippen molar-refractivity contribution >= 4 is 5.69 Å². The van der Waals surface area contributed by atoms with Crippen LogP contribution in [0.25, 0.3) is 0 Å². The van der Waals surface area contributed by atoms with Crippen molar-refractivity contribution in [1.82, 2.24) is 0 Å². The molecule has 0 saturated carbocycles. The van der Waals surface area contributed by atoms with Crippen molar-refractivity contribution in [1.29, 1.82) is 5.26 Å². The number of piperazine rings is 1. The molecule has 1 aliphatic heterocycles. The summed E-state index contributed by atoms with van der Waals surface area (Å²) in [5.41, 5.74) is 2.63. The number of nitrogens with zero attached hydrogens (tertiary/aromatic N) is 2. The first-order valence-electron chi connectivity index (χ1n) is 5.82. The van der Waals surface area contributed by atoms with Gasteiger partial charge in [0.2, 0.25) is 0 Å². The van der Waals surface area contributed by atoms with Crippen molar-refractivity contribution in [3.63, 3.8) is 0 Å². The number of nitriles is 1. The highest BCUT2D eigenvalue weighted by atomic mass is 15.3. The van der Waals surface area contributed by atoms with Gasteiger partial charge in [0.25, 0.3) is 0 Å². The zero-order valence-electron chi connectivity index (χ0n) is 9.74. The zero-order valence-corrected chi connectivity index (χ0v) is 9.74. The monoisotopic (exact) mass is 216 g/mol. The van der Waals surface area contributed by atoms with Gasteiger partial charge in [0, 0.05) is 5.69 Å². The first-order chi connectivity index (χ1) is 7.79. The highest BCUT2D eigenvalue weighted by Crippen LogP contribution is 2.15. The number of aryl methyl sites for hydroxylation is 1. The number of quaternary nitrogens is 1. The van der Waals surface area contributed by atoms with Crippen molar-refractivity contribution in [3.8, 4) is 6.07 Å². The Labute approximate surface area is 96.9 Å². The van der Waals surface area contributed by atoms with E-state index in [1.54, 1.807) is 0 Å². The van der Waals surface area contributed by atoms with Gasteiger partial charge in [-0.05, 0) is 24.6 Å². The summed E-state index contributed by atoms with van der Waals surface area (Å²) in [6, 6.07) is 10.9. The SMILES string of the molecule is Cc1cccc(N2CC[NH+](CC#N)CC2)c1. The van der Waals surface area contributed by atoms with Gasteiger partial charge < -0.3 is 9.80 Å². The molecule has 16 heavy (non-hydrogen) atoms. The van der Waals surface area contributed by atoms with Gasteiger partial charge in [0.05, 0.1) is 26.2 Å². The molecule has 1 saturated heterocycles. The van der Waals surface area contributed by atoms with Gasteiger partial charge in [0.1, 0.15) is 6.07 Å². The Balaban J connectivity index is 1.97. The predicted octanol–water partition coefficient (Wildman–Crippen LogP) is 0.224. The Morgan fingerprint density at radius 1 is 1.38 bits per heavy atom. The molecule has 0 spiro atoms. The molecule has 0 aromatic heterocycles. The molecule has 1 N–H and O–H groups in total. The minimum absolute atomic E-state index is 0.641. The Morgan fingerprint density at radius 2 is 2.12 bits per heavy atom. The van der Waals surface area contributed by atoms with Gasteiger partial charge in [-0.1, -0.05) is 12.1 Å². The molecule has 1 aromatic carbocycles. The zero-order chi connectivity index (χ0) is 11.4. The average molecular weight is 216 g/mol. The van der Waals surface area contributed by atoms with Crippen LogP contribution in [0.2, 0.25) is 0 Å². The minimum Gasteiger partial charge on any atom is -0.360 e. The molecule has 0 bridgehead atoms. The lowest BCUT2D eigenvalue weighted by molar-refractivity contribution is -0.893. The topological polar surface area (TPSA) is 31.5 Å². The molecule has 1 aromatic rings. The van der Waals surface area contributed by atoms with Crippen LogP contribution in [0.15, 0.2) is 24.3 Å². The van der Waals surface area contributed by atoms with Gasteiger partial charge in [-0.2, -0.15) is 5.26 Å². The summed E-state index contributed by atoms with van der Waals surface area (Å²) >= 11 is 0. The molecular weight excluding hydrogens is 198 g/mol. The maximum atomic E-state index is 8.65. The normalized spacial score (nSPS) is 17.1. The molecule has 1 heterocycles. The van der Waals surface area contributed by atoms with Crippen molar-refractivity contribution in [2.75, 3.05) is 37.6 Å². The fourth-order valence-corrected chi connectivity index (χ4v) is 2.19. The minimum atomic E-state index is 0.641. The second-order valence-electron chi connectivity index (χ2n) is 4.41. The second kappa shape index (κ2) is 5.00. The van der Waals surface area contributed by atoms with E-state index >= 15 is 0 Å². The van der Waals surface area contributed by atoms with Crippen molar-refractivity contribution in [2.45, 2.75) is 6.92 Å². The molecule has 1 aliphatic rings. The van der Waals surface area contributed by atoms with Crippen LogP contribution in [0, 0.1) is 18.3 Å². The summed E-state index contributed by atoms with van der Waals surface area (Å²) in [5.74, 6) is 0. The van der Waals surface area contributed by atoms with E-state index in [4.69, 9.17) is 5.26 Å². The molecule has 3 nitrogen and oxygen atoms in total. The molecule has 1 fully saturated rings. The van der Waals surface area contributed by atoms with Crippen molar-refractivity contribution < 1.29 is 4.90 Å². The molecule has 0 radical (unpaired) electrons. The van der Waals surface area contributed by atoms with Crippen LogP contribution in [-0.4, -0.2) is 32.7 Å². The Hall–Kier alpha value is -1.53. The highest BCUT2D eigenvalue weighted by molar-refractivity contribution is 5.48. The summed E-state index contributed by atoms with van der Waals surface area (Å²) in [6.45, 7) is 7.02. The maximum Gasteiger partial charge on any atom is 0.165 e. The van der Waals surface area contributed by atoms with Gasteiger partial charge in [-0.25, -0.2) is 0 Å². The largest absolute Gasteiger partial charge is 0.360 e. The Morgan fingerprint density at radius 3 is 2.75 bits per heavy atom. The van der Waals surface area contributed by atoms with Gasteiger partial charge in [-0.15, -0.1) is 0 Å². The van der Waals surface area contributed by atoms with Crippen LogP contribution in [0.4, 0.5) is 5.69 Å². The van der Waals surface area contributed by atoms with E-state index in [9.17, 15) is 0 Å². The van der Waals surface area contributed by atoms with E-state index in [1.807, 2.05) is 0 Å². The predicted molar refractivity (Wildman–Crippen MR) is 64.6 cm³/mol. The maximum absolute atomic E-state index is 8.65. The van der Waals surface area contributed by atoms with Crippen molar-refractivity contribution in [2.24, 2.45) is 0 Å². The summed E-state index contributed by atoms with van der Waals surface area (Å²) in [4.78, 5) is 3.82. The van der Waals surface area contributed by atoms with Crippen LogP contribution in [-0.2, 0) is 0 Å². The average Bonchev–Trinajstić information content (AvgIpc) is 2.30. The van der Waals surface area contributed by atoms with E-state index in [0.717, 1.165) is 26.2 Å². The second-order valence-corrected chi connectivity index (χ2v) is 4.41. The van der Waals surface area contributed by atoms with Gasteiger partial charge in [0.15, 0.2) is 6.54 Å². The molecular formula is C13H18N3+. The molecule has 84 valence electrons. The van der Waals surface area contributed by atoms with Crippen LogP contribution in [0.5, 0.6) is 0 Å². The number of benzene rings is 1. The Kier molecular flexibility index (Phi) is 3.43. The first kappa shape index (κ1) is 11.0. The number of anilines is 1. The number of nitrogens with one attached hydrogen (secondary N) is 1. The van der Waals surface area contributed by atoms with Crippen LogP contribution >= 0.6 is 0 Å². The van der Waals surface area contributed by atoms with Crippen LogP contribution in [0.1, 0.15) is 5.56 Å². The highest BCUT2D eigenvalue weighted by Gasteiger charge is 2.19. The standard InChI is InChI=1S/C13H17N3/c1-12-3-2-4-13(11-12)16-9-7-15(6-5-14)8-10-16/h2-4,11H,6-10H2,1H3/p+1. The molecule has 0 atom stereocenters. The lowest BCUT2D eigenvalue weighted by Crippen LogP contribution is -3.14. The summed E-state index contributed by atoms with van der Waals surface area (Å²) in [5, 5.41) is 8.65. The lowest BCUT2D eigenvalue weighted by atomic mass is 10.2. The number of hydrogen-bond donors (Lipinski definition) is 1. The van der Waals surface area contributed by atoms with E-state index in [2.05, 4.69) is 42.2 Å². The van der Waals surface area contributed by atoms with E-state index in [-0.39, 0.29) is 0 Å². The number of hydrogen-bond acceptors (Lipinski definition) is 2. The van der Waals surface area contributed by atoms with Gasteiger partial charge >= 0.3 is 0 Å². The molecule has 3 heteroatoms. The van der Waals surface area contributed by atoms with Gasteiger partial charge in [-0.3, -0.25) is 0 Å². The van der Waals surface area contributed by atoms with E-state index in [0.29, 0.717) is 6.54 Å². The smallest absolute Gasteiger partial charge is 0.165 e. The third-order valence-corrected chi connectivity index (χ3v) is 3.17. The quantitative estimate of drug-likeness (QED) is 0.717. The van der Waals surface area contributed by atoms with Crippen LogP contribution in [0.3, 0.4) is 0 Å². The van der Waals surface area contributed by atoms with E-state index in [1.165, 1.54) is 16.2 Å². The fraction of sp³-hybridized carbons (Fsp3) is 0.462. The van der Waals surface area contributed by atoms with Crippen molar-refractivity contribution in [3.05, 3.63) is 29.8 Å². The third-order valence-electron chi connectivity index (χ3n) is 3.17. The summed E-state index contributed by atoms with van der Waals surface area (Å²) in [6.07, 6.45) is 0. The third kappa shape index (κ3) is 2.53. The molecule has 0 unspecified atom stereocenters.